The molecular formula is C21H34O5. The van der Waals surface area contributed by atoms with Crippen molar-refractivity contribution < 1.29 is 24.1 Å². The van der Waals surface area contributed by atoms with Crippen LogP contribution in [0.25, 0.3) is 0 Å². The Labute approximate surface area is 157 Å². The molecule has 26 heavy (non-hydrogen) atoms. The van der Waals surface area contributed by atoms with Crippen LogP contribution in [0.1, 0.15) is 78.6 Å². The van der Waals surface area contributed by atoms with E-state index in [0.29, 0.717) is 0 Å². The highest BCUT2D eigenvalue weighted by Gasteiger charge is 2.58. The van der Waals surface area contributed by atoms with Crippen molar-refractivity contribution in [3.63, 3.8) is 0 Å². The van der Waals surface area contributed by atoms with E-state index in [2.05, 4.69) is 26.0 Å². The summed E-state index contributed by atoms with van der Waals surface area (Å²) in [6, 6.07) is 0. The summed E-state index contributed by atoms with van der Waals surface area (Å²) in [5.41, 5.74) is -0.819. The molecule has 4 aliphatic rings. The molecule has 0 aromatic carbocycles. The highest BCUT2D eigenvalue weighted by atomic mass is 16.8. The van der Waals surface area contributed by atoms with Gasteiger partial charge < -0.3 is 24.1 Å². The van der Waals surface area contributed by atoms with Crippen LogP contribution >= 0.6 is 0 Å². The Bertz CT molecular complexity index is 555. The number of hydrogen-bond acceptors (Lipinski definition) is 5. The van der Waals surface area contributed by atoms with Gasteiger partial charge in [0.05, 0.1) is 30.0 Å². The lowest BCUT2D eigenvalue weighted by Crippen LogP contribution is -2.52. The van der Waals surface area contributed by atoms with Gasteiger partial charge >= 0.3 is 0 Å². The lowest BCUT2D eigenvalue weighted by atomic mass is 9.89. The molecule has 3 saturated heterocycles. The number of hydrogen-bond donors (Lipinski definition) is 1. The zero-order valence-corrected chi connectivity index (χ0v) is 16.5. The van der Waals surface area contributed by atoms with Crippen molar-refractivity contribution in [2.45, 2.75) is 114 Å². The molecule has 0 aromatic heterocycles. The van der Waals surface area contributed by atoms with Crippen LogP contribution in [0.3, 0.4) is 0 Å². The molecule has 5 heteroatoms. The fraction of sp³-hybridized carbons (Fsp3) is 0.905. The van der Waals surface area contributed by atoms with E-state index in [4.69, 9.17) is 18.9 Å². The molecule has 0 aromatic rings. The lowest BCUT2D eigenvalue weighted by Gasteiger charge is -2.46. The van der Waals surface area contributed by atoms with E-state index in [1.165, 1.54) is 0 Å². The van der Waals surface area contributed by atoms with Gasteiger partial charge in [-0.25, -0.2) is 0 Å². The molecule has 0 radical (unpaired) electrons. The first-order valence-electron chi connectivity index (χ1n) is 10.4. The molecular weight excluding hydrogens is 332 g/mol. The van der Waals surface area contributed by atoms with Crippen LogP contribution in [-0.4, -0.2) is 46.7 Å². The molecule has 4 heterocycles. The second-order valence-electron chi connectivity index (χ2n) is 8.89. The topological polar surface area (TPSA) is 57.2 Å². The Balaban J connectivity index is 1.48. The van der Waals surface area contributed by atoms with Crippen LogP contribution < -0.4 is 0 Å². The molecule has 0 bridgehead atoms. The molecule has 1 N–H and O–H groups in total. The van der Waals surface area contributed by atoms with Crippen molar-refractivity contribution in [1.29, 1.82) is 0 Å². The van der Waals surface area contributed by atoms with Crippen molar-refractivity contribution >= 4 is 0 Å². The Morgan fingerprint density at radius 1 is 1.15 bits per heavy atom. The number of rotatable bonds is 3. The first kappa shape index (κ1) is 18.9. The molecule has 4 rings (SSSR count). The largest absolute Gasteiger partial charge is 0.390 e. The third kappa shape index (κ3) is 3.06. The summed E-state index contributed by atoms with van der Waals surface area (Å²) < 4.78 is 25.6. The minimum Gasteiger partial charge on any atom is -0.390 e. The predicted octanol–water partition coefficient (Wildman–Crippen LogP) is 3.83. The maximum Gasteiger partial charge on any atom is 0.191 e. The molecule has 6 atom stereocenters. The molecule has 0 saturated carbocycles. The van der Waals surface area contributed by atoms with Crippen LogP contribution in [0.15, 0.2) is 12.2 Å². The zero-order chi connectivity index (χ0) is 18.5. The van der Waals surface area contributed by atoms with Crippen LogP contribution in [-0.2, 0) is 18.9 Å². The Kier molecular flexibility index (Phi) is 4.76. The standard InChI is InChI=1S/C21H34O5/c1-4-19(16(2)22)12-8-17(24-19)18(3)13-14-21(25-18)11-7-10-20(26-21)9-5-6-15-23-20/h7,10,16-17,22H,4-6,8-9,11-15H2,1-3H3/t16-,17-,18+,19+,20-,21+/m0/s1. The maximum absolute atomic E-state index is 10.2. The van der Waals surface area contributed by atoms with Crippen molar-refractivity contribution in [1.82, 2.24) is 0 Å². The number of ether oxygens (including phenoxy) is 4. The third-order valence-electron chi connectivity index (χ3n) is 7.09. The smallest absolute Gasteiger partial charge is 0.191 e. The second kappa shape index (κ2) is 6.56. The van der Waals surface area contributed by atoms with E-state index in [9.17, 15) is 5.11 Å². The van der Waals surface area contributed by atoms with E-state index in [-0.39, 0.29) is 11.7 Å². The van der Waals surface area contributed by atoms with Crippen LogP contribution in [0, 0.1) is 0 Å². The first-order valence-corrected chi connectivity index (χ1v) is 10.4. The van der Waals surface area contributed by atoms with Gasteiger partial charge in [0.25, 0.3) is 0 Å². The van der Waals surface area contributed by atoms with Gasteiger partial charge in [0.2, 0.25) is 0 Å². The van der Waals surface area contributed by atoms with Gasteiger partial charge in [0.15, 0.2) is 11.6 Å². The molecule has 0 aliphatic carbocycles. The van der Waals surface area contributed by atoms with E-state index < -0.39 is 23.3 Å². The Morgan fingerprint density at radius 2 is 2.00 bits per heavy atom. The maximum atomic E-state index is 10.2. The fourth-order valence-electron chi connectivity index (χ4n) is 5.29. The summed E-state index contributed by atoms with van der Waals surface area (Å²) in [4.78, 5) is 0. The molecule has 5 nitrogen and oxygen atoms in total. The summed E-state index contributed by atoms with van der Waals surface area (Å²) >= 11 is 0. The Morgan fingerprint density at radius 3 is 2.65 bits per heavy atom. The third-order valence-corrected chi connectivity index (χ3v) is 7.09. The predicted molar refractivity (Wildman–Crippen MR) is 97.6 cm³/mol. The first-order chi connectivity index (χ1) is 12.4. The minimum absolute atomic E-state index is 0.00541. The van der Waals surface area contributed by atoms with Gasteiger partial charge in [-0.3, -0.25) is 0 Å². The SMILES string of the molecule is CC[C@]1([C@H](C)O)CC[C@@H]([C@@]2(C)CC[C@]3(CC=C[C@]4(CCCCO4)O3)O2)O1. The summed E-state index contributed by atoms with van der Waals surface area (Å²) in [7, 11) is 0. The molecule has 4 aliphatic heterocycles. The van der Waals surface area contributed by atoms with Gasteiger partial charge in [0, 0.05) is 19.3 Å². The molecule has 0 amide bonds. The van der Waals surface area contributed by atoms with Crippen molar-refractivity contribution in [3.8, 4) is 0 Å². The van der Waals surface area contributed by atoms with Gasteiger partial charge in [-0.15, -0.1) is 0 Å². The van der Waals surface area contributed by atoms with Gasteiger partial charge in [-0.05, 0) is 58.4 Å². The lowest BCUT2D eigenvalue weighted by molar-refractivity contribution is -0.363. The van der Waals surface area contributed by atoms with E-state index in [1.54, 1.807) is 0 Å². The summed E-state index contributed by atoms with van der Waals surface area (Å²) in [6.45, 7) is 6.82. The van der Waals surface area contributed by atoms with Crippen molar-refractivity contribution in [2.75, 3.05) is 6.61 Å². The summed E-state index contributed by atoms with van der Waals surface area (Å²) in [6.07, 6.45) is 12.0. The zero-order valence-electron chi connectivity index (χ0n) is 16.5. The fourth-order valence-corrected chi connectivity index (χ4v) is 5.29. The second-order valence-corrected chi connectivity index (χ2v) is 8.89. The van der Waals surface area contributed by atoms with Gasteiger partial charge in [-0.1, -0.05) is 13.0 Å². The highest BCUT2D eigenvalue weighted by Crippen LogP contribution is 2.52. The van der Waals surface area contributed by atoms with E-state index in [0.717, 1.165) is 64.4 Å². The quantitative estimate of drug-likeness (QED) is 0.769. The minimum atomic E-state index is -0.606. The normalized spacial score (nSPS) is 49.9. The van der Waals surface area contributed by atoms with Gasteiger partial charge in [0.1, 0.15) is 0 Å². The van der Waals surface area contributed by atoms with E-state index in [1.807, 2.05) is 6.92 Å². The van der Waals surface area contributed by atoms with E-state index >= 15 is 0 Å². The summed E-state index contributed by atoms with van der Waals surface area (Å²) in [5.74, 6) is -1.21. The van der Waals surface area contributed by atoms with Gasteiger partial charge in [-0.2, -0.15) is 0 Å². The monoisotopic (exact) mass is 366 g/mol. The van der Waals surface area contributed by atoms with Crippen molar-refractivity contribution in [3.05, 3.63) is 12.2 Å². The average Bonchev–Trinajstić information content (AvgIpc) is 3.20. The molecule has 0 unspecified atom stereocenters. The number of aliphatic hydroxyl groups excluding tert-OH is 1. The summed E-state index contributed by atoms with van der Waals surface area (Å²) in [5, 5.41) is 10.2. The van der Waals surface area contributed by atoms with Crippen LogP contribution in [0.2, 0.25) is 0 Å². The Hall–Kier alpha value is -0.460. The highest BCUT2D eigenvalue weighted by molar-refractivity contribution is 5.10. The van der Waals surface area contributed by atoms with Crippen LogP contribution in [0.4, 0.5) is 0 Å². The molecule has 3 fully saturated rings. The number of aliphatic hydroxyl groups is 1. The molecule has 2 spiro atoms. The van der Waals surface area contributed by atoms with Crippen molar-refractivity contribution in [2.24, 2.45) is 0 Å². The van der Waals surface area contributed by atoms with Crippen LogP contribution in [0.5, 0.6) is 0 Å². The molecule has 148 valence electrons. The average molecular weight is 366 g/mol.